The molecule has 0 aliphatic heterocycles. The van der Waals surface area contributed by atoms with E-state index in [0.29, 0.717) is 12.2 Å². The number of benzene rings is 1. The molecule has 5 heteroatoms. The zero-order valence-corrected chi connectivity index (χ0v) is 10.8. The van der Waals surface area contributed by atoms with Crippen molar-refractivity contribution >= 4 is 15.7 Å². The fourth-order valence-electron chi connectivity index (χ4n) is 1.49. The number of nitrogens with zero attached hydrogens (tertiary/aromatic N) is 1. The minimum absolute atomic E-state index is 0.444. The van der Waals surface area contributed by atoms with Gasteiger partial charge in [0.2, 0.25) is 0 Å². The topological polar surface area (TPSA) is 49.4 Å². The summed E-state index contributed by atoms with van der Waals surface area (Å²) in [5, 5.41) is 3.98. The molecule has 0 saturated carbocycles. The number of sulfonamides is 1. The molecule has 0 heterocycles. The van der Waals surface area contributed by atoms with Crippen molar-refractivity contribution in [3.63, 3.8) is 0 Å². The Morgan fingerprint density at radius 1 is 1.35 bits per heavy atom. The van der Waals surface area contributed by atoms with Gasteiger partial charge in [0, 0.05) is 12.0 Å². The van der Waals surface area contributed by atoms with Crippen molar-refractivity contribution in [2.45, 2.75) is 6.42 Å². The lowest BCUT2D eigenvalue weighted by atomic mass is 10.3. The van der Waals surface area contributed by atoms with Gasteiger partial charge in [0.1, 0.15) is 0 Å². The Labute approximate surface area is 103 Å². The van der Waals surface area contributed by atoms with Crippen LogP contribution in [0.15, 0.2) is 42.3 Å². The van der Waals surface area contributed by atoms with E-state index in [1.54, 1.807) is 12.1 Å². The van der Waals surface area contributed by atoms with Crippen LogP contribution in [-0.2, 0) is 10.0 Å². The smallest absolute Gasteiger partial charge is 0.256 e. The first-order valence-electron chi connectivity index (χ1n) is 5.46. The van der Waals surface area contributed by atoms with Crippen molar-refractivity contribution in [3.8, 4) is 0 Å². The third-order valence-corrected chi connectivity index (χ3v) is 3.78. The molecule has 0 unspecified atom stereocenters. The first kappa shape index (κ1) is 13.7. The summed E-state index contributed by atoms with van der Waals surface area (Å²) in [4.78, 5) is 0. The Morgan fingerprint density at radius 3 is 2.53 bits per heavy atom. The Kier molecular flexibility index (Phi) is 5.18. The highest BCUT2D eigenvalue weighted by atomic mass is 32.2. The predicted molar refractivity (Wildman–Crippen MR) is 71.4 cm³/mol. The van der Waals surface area contributed by atoms with E-state index in [1.165, 1.54) is 4.31 Å². The first-order chi connectivity index (χ1) is 8.11. The highest BCUT2D eigenvalue weighted by Gasteiger charge is 2.17. The summed E-state index contributed by atoms with van der Waals surface area (Å²) in [5.41, 5.74) is 0.670. The van der Waals surface area contributed by atoms with Crippen molar-refractivity contribution < 1.29 is 8.42 Å². The second-order valence-corrected chi connectivity index (χ2v) is 5.38. The van der Waals surface area contributed by atoms with Crippen LogP contribution in [0.4, 0.5) is 5.69 Å². The molecule has 0 amide bonds. The van der Waals surface area contributed by atoms with Crippen molar-refractivity contribution in [3.05, 3.63) is 42.3 Å². The third kappa shape index (κ3) is 3.87. The molecular weight excluding hydrogens is 236 g/mol. The van der Waals surface area contributed by atoms with E-state index in [2.05, 4.69) is 11.9 Å². The second kappa shape index (κ2) is 6.42. The Bertz CT molecular complexity index is 443. The van der Waals surface area contributed by atoms with Crippen LogP contribution in [0, 0.1) is 0 Å². The molecule has 0 atom stereocenters. The monoisotopic (exact) mass is 254 g/mol. The molecule has 0 fully saturated rings. The summed E-state index contributed by atoms with van der Waals surface area (Å²) in [6.45, 7) is 4.58. The molecule has 1 aromatic rings. The first-order valence-corrected chi connectivity index (χ1v) is 6.97. The van der Waals surface area contributed by atoms with E-state index in [4.69, 9.17) is 0 Å². The van der Waals surface area contributed by atoms with Gasteiger partial charge in [-0.1, -0.05) is 24.8 Å². The Morgan fingerprint density at radius 2 is 2.00 bits per heavy atom. The molecule has 0 aliphatic carbocycles. The summed E-state index contributed by atoms with van der Waals surface area (Å²) >= 11 is 0. The minimum atomic E-state index is -3.42. The van der Waals surface area contributed by atoms with Gasteiger partial charge in [0.05, 0.1) is 5.69 Å². The number of hydrogen-bond acceptors (Lipinski definition) is 3. The van der Waals surface area contributed by atoms with Crippen LogP contribution >= 0.6 is 0 Å². The van der Waals surface area contributed by atoms with Gasteiger partial charge >= 0.3 is 0 Å². The second-order valence-electron chi connectivity index (χ2n) is 3.58. The van der Waals surface area contributed by atoms with Gasteiger partial charge in [-0.15, -0.1) is 0 Å². The van der Waals surface area contributed by atoms with Crippen LogP contribution in [0.1, 0.15) is 6.42 Å². The maximum Gasteiger partial charge on any atom is 0.256 e. The van der Waals surface area contributed by atoms with Gasteiger partial charge in [-0.2, -0.15) is 0 Å². The fourth-order valence-corrected chi connectivity index (χ4v) is 2.47. The summed E-state index contributed by atoms with van der Waals surface area (Å²) < 4.78 is 25.1. The lowest BCUT2D eigenvalue weighted by Gasteiger charge is -2.22. The fraction of sp³-hybridized carbons (Fsp3) is 0.333. The molecule has 0 saturated heterocycles. The molecule has 1 N–H and O–H groups in total. The lowest BCUT2D eigenvalue weighted by molar-refractivity contribution is 0.596. The molecule has 0 spiro atoms. The van der Waals surface area contributed by atoms with E-state index < -0.39 is 10.0 Å². The van der Waals surface area contributed by atoms with Crippen molar-refractivity contribution in [1.29, 1.82) is 0 Å². The molecule has 0 aromatic heterocycles. The number of nitrogens with one attached hydrogen (secondary N) is 1. The largest absolute Gasteiger partial charge is 0.320 e. The quantitative estimate of drug-likeness (QED) is 0.752. The number of hydrogen-bond donors (Lipinski definition) is 1. The van der Waals surface area contributed by atoms with Crippen LogP contribution in [0.5, 0.6) is 0 Å². The van der Waals surface area contributed by atoms with E-state index in [9.17, 15) is 8.42 Å². The van der Waals surface area contributed by atoms with Crippen molar-refractivity contribution in [2.75, 3.05) is 24.4 Å². The predicted octanol–water partition coefficient (Wildman–Crippen LogP) is 1.58. The van der Waals surface area contributed by atoms with Gasteiger partial charge in [0.15, 0.2) is 0 Å². The highest BCUT2D eigenvalue weighted by Crippen LogP contribution is 2.18. The molecular formula is C12H18N2O2S. The summed E-state index contributed by atoms with van der Waals surface area (Å²) in [6.07, 6.45) is 0.748. The average Bonchev–Trinajstić information content (AvgIpc) is 2.35. The molecule has 1 aromatic carbocycles. The molecule has 0 radical (unpaired) electrons. The molecule has 4 nitrogen and oxygen atoms in total. The summed E-state index contributed by atoms with van der Waals surface area (Å²) in [7, 11) is -1.58. The van der Waals surface area contributed by atoms with Gasteiger partial charge in [-0.25, -0.2) is 8.42 Å². The number of para-hydroxylation sites is 1. The molecule has 0 bridgehead atoms. The van der Waals surface area contributed by atoms with Crippen molar-refractivity contribution in [1.82, 2.24) is 5.32 Å². The maximum atomic E-state index is 11.9. The van der Waals surface area contributed by atoms with Gasteiger partial charge in [0.25, 0.3) is 10.0 Å². The standard InChI is InChI=1S/C12H18N2O2S/c1-3-17(15,16)14(11-7-10-13-2)12-8-5-4-6-9-12/h3-6,8-9,13H,1,7,10-11H2,2H3. The van der Waals surface area contributed by atoms with Gasteiger partial charge in [-0.3, -0.25) is 4.31 Å². The van der Waals surface area contributed by atoms with Crippen LogP contribution in [0.2, 0.25) is 0 Å². The van der Waals surface area contributed by atoms with Crippen LogP contribution < -0.4 is 9.62 Å². The Balaban J connectivity index is 2.91. The summed E-state index contributed by atoms with van der Waals surface area (Å²) in [5.74, 6) is 0. The summed E-state index contributed by atoms with van der Waals surface area (Å²) in [6, 6.07) is 9.05. The lowest BCUT2D eigenvalue weighted by Crippen LogP contribution is -2.31. The normalized spacial score (nSPS) is 11.1. The molecule has 1 rings (SSSR count). The zero-order chi connectivity index (χ0) is 12.7. The van der Waals surface area contributed by atoms with E-state index in [1.807, 2.05) is 25.2 Å². The van der Waals surface area contributed by atoms with E-state index in [0.717, 1.165) is 18.4 Å². The SMILES string of the molecule is C=CS(=O)(=O)N(CCCNC)c1ccccc1. The minimum Gasteiger partial charge on any atom is -0.320 e. The van der Waals surface area contributed by atoms with Crippen LogP contribution in [0.3, 0.4) is 0 Å². The number of anilines is 1. The average molecular weight is 254 g/mol. The Hall–Kier alpha value is -1.33. The van der Waals surface area contributed by atoms with Crippen LogP contribution in [-0.4, -0.2) is 28.6 Å². The van der Waals surface area contributed by atoms with Crippen molar-refractivity contribution in [2.24, 2.45) is 0 Å². The molecule has 0 aliphatic rings. The third-order valence-electron chi connectivity index (χ3n) is 2.35. The van der Waals surface area contributed by atoms with Crippen LogP contribution in [0.25, 0.3) is 0 Å². The van der Waals surface area contributed by atoms with Gasteiger partial charge in [-0.05, 0) is 32.1 Å². The van der Waals surface area contributed by atoms with E-state index >= 15 is 0 Å². The zero-order valence-electron chi connectivity index (χ0n) is 9.96. The molecule has 94 valence electrons. The molecule has 17 heavy (non-hydrogen) atoms. The number of rotatable bonds is 7. The van der Waals surface area contributed by atoms with E-state index in [-0.39, 0.29) is 0 Å². The van der Waals surface area contributed by atoms with Gasteiger partial charge < -0.3 is 5.32 Å². The highest BCUT2D eigenvalue weighted by molar-refractivity contribution is 7.95. The maximum absolute atomic E-state index is 11.9.